The first-order valence-corrected chi connectivity index (χ1v) is 3.74. The van der Waals surface area contributed by atoms with Crippen LogP contribution in [0.15, 0.2) is 24.3 Å². The predicted octanol–water partition coefficient (Wildman–Crippen LogP) is 2.90. The van der Waals surface area contributed by atoms with E-state index < -0.39 is 0 Å². The van der Waals surface area contributed by atoms with Crippen molar-refractivity contribution in [2.45, 2.75) is 6.92 Å². The van der Waals surface area contributed by atoms with Gasteiger partial charge >= 0.3 is 0 Å². The van der Waals surface area contributed by atoms with Crippen molar-refractivity contribution in [2.24, 2.45) is 0 Å². The van der Waals surface area contributed by atoms with Crippen molar-refractivity contribution in [3.63, 3.8) is 0 Å². The molecule has 0 heterocycles. The summed E-state index contributed by atoms with van der Waals surface area (Å²) in [4.78, 5) is 0. The second kappa shape index (κ2) is 3.02. The molecule has 0 aliphatic rings. The normalized spacial score (nSPS) is 9.56. The predicted molar refractivity (Wildman–Crippen MR) is 43.5 cm³/mol. The maximum absolute atomic E-state index is 3.26. The van der Waals surface area contributed by atoms with Gasteiger partial charge in [-0.3, -0.25) is 0 Å². The van der Waals surface area contributed by atoms with E-state index in [1.807, 2.05) is 5.33 Å². The van der Waals surface area contributed by atoms with Gasteiger partial charge in [0.25, 0.3) is 0 Å². The van der Waals surface area contributed by atoms with Crippen LogP contribution in [0.2, 0.25) is 0 Å². The number of rotatable bonds is 1. The largest absolute Gasteiger partial charge is 0.0823 e. The van der Waals surface area contributed by atoms with Crippen LogP contribution >= 0.6 is 15.9 Å². The molecule has 0 aromatic heterocycles. The van der Waals surface area contributed by atoms with Crippen LogP contribution in [-0.2, 0) is 0 Å². The zero-order valence-electron chi connectivity index (χ0n) is 5.26. The minimum Gasteiger partial charge on any atom is -0.0823 e. The molecule has 1 heteroatoms. The Kier molecular flexibility index (Phi) is 2.29. The second-order valence-electron chi connectivity index (χ2n) is 2.02. The topological polar surface area (TPSA) is 0 Å². The summed E-state index contributed by atoms with van der Waals surface area (Å²) < 4.78 is 0. The molecule has 0 N–H and O–H groups in total. The number of hydrogen-bond donors (Lipinski definition) is 0. The summed E-state index contributed by atoms with van der Waals surface area (Å²) in [6, 6.07) is 8.33. The van der Waals surface area contributed by atoms with Crippen LogP contribution in [0.4, 0.5) is 0 Å². The van der Waals surface area contributed by atoms with Gasteiger partial charge in [0.1, 0.15) is 0 Å². The summed E-state index contributed by atoms with van der Waals surface area (Å²) in [5.74, 6) is 0. The summed E-state index contributed by atoms with van der Waals surface area (Å²) in [5, 5.41) is 1.91. The van der Waals surface area contributed by atoms with E-state index in [4.69, 9.17) is 0 Å². The number of benzene rings is 1. The monoisotopic (exact) mass is 183 g/mol. The standard InChI is InChI=1S/C8H8Br/c1-7-2-4-8(6-9)5-3-7/h2-6H,1H3. The molecule has 0 saturated heterocycles. The molecule has 0 unspecified atom stereocenters. The molecule has 0 spiro atoms. The smallest absolute Gasteiger partial charge is 0.0561 e. The average Bonchev–Trinajstić information content (AvgIpc) is 1.90. The van der Waals surface area contributed by atoms with Crippen LogP contribution in [-0.4, -0.2) is 0 Å². The highest BCUT2D eigenvalue weighted by Gasteiger charge is 1.86. The number of hydrogen-bond acceptors (Lipinski definition) is 0. The maximum Gasteiger partial charge on any atom is 0.0561 e. The van der Waals surface area contributed by atoms with Crippen molar-refractivity contribution in [3.8, 4) is 0 Å². The van der Waals surface area contributed by atoms with Gasteiger partial charge in [-0.25, -0.2) is 0 Å². The van der Waals surface area contributed by atoms with E-state index in [9.17, 15) is 0 Å². The highest BCUT2D eigenvalue weighted by atomic mass is 79.9. The zero-order valence-corrected chi connectivity index (χ0v) is 6.85. The average molecular weight is 184 g/mol. The summed E-state index contributed by atoms with van der Waals surface area (Å²) >= 11 is 3.26. The highest BCUT2D eigenvalue weighted by Crippen LogP contribution is 2.08. The lowest BCUT2D eigenvalue weighted by Crippen LogP contribution is -1.73. The van der Waals surface area contributed by atoms with Crippen molar-refractivity contribution < 1.29 is 0 Å². The van der Waals surface area contributed by atoms with Gasteiger partial charge in [-0.2, -0.15) is 0 Å². The molecular weight excluding hydrogens is 176 g/mol. The van der Waals surface area contributed by atoms with E-state index in [0.29, 0.717) is 0 Å². The third-order valence-electron chi connectivity index (χ3n) is 1.20. The van der Waals surface area contributed by atoms with E-state index in [-0.39, 0.29) is 0 Å². The van der Waals surface area contributed by atoms with Crippen molar-refractivity contribution in [1.82, 2.24) is 0 Å². The van der Waals surface area contributed by atoms with Gasteiger partial charge in [0.15, 0.2) is 0 Å². The van der Waals surface area contributed by atoms with Crippen LogP contribution in [0.25, 0.3) is 0 Å². The molecule has 0 bridgehead atoms. The summed E-state index contributed by atoms with van der Waals surface area (Å²) in [6.45, 7) is 2.08. The SMILES string of the molecule is Cc1ccc([CH]Br)cc1. The first-order valence-electron chi connectivity index (χ1n) is 2.83. The molecule has 0 aliphatic heterocycles. The van der Waals surface area contributed by atoms with Gasteiger partial charge in [-0.05, 0) is 12.5 Å². The molecule has 1 aromatic rings. The van der Waals surface area contributed by atoms with E-state index in [0.717, 1.165) is 0 Å². The van der Waals surface area contributed by atoms with Gasteiger partial charge < -0.3 is 0 Å². The molecule has 0 saturated carbocycles. The van der Waals surface area contributed by atoms with Gasteiger partial charge in [-0.15, -0.1) is 0 Å². The van der Waals surface area contributed by atoms with Crippen LogP contribution < -0.4 is 0 Å². The lowest BCUT2D eigenvalue weighted by atomic mass is 10.2. The Balaban J connectivity index is 2.88. The number of aryl methyl sites for hydroxylation is 1. The molecular formula is C8H8Br. The van der Waals surface area contributed by atoms with Crippen LogP contribution in [0.3, 0.4) is 0 Å². The summed E-state index contributed by atoms with van der Waals surface area (Å²) in [6.07, 6.45) is 0. The van der Waals surface area contributed by atoms with E-state index in [2.05, 4.69) is 47.1 Å². The molecule has 0 atom stereocenters. The lowest BCUT2D eigenvalue weighted by molar-refractivity contribution is 1.45. The Morgan fingerprint density at radius 3 is 2.22 bits per heavy atom. The number of halogens is 1. The van der Waals surface area contributed by atoms with E-state index in [1.165, 1.54) is 11.1 Å². The Morgan fingerprint density at radius 1 is 1.22 bits per heavy atom. The molecule has 0 fully saturated rings. The summed E-state index contributed by atoms with van der Waals surface area (Å²) in [7, 11) is 0. The quantitative estimate of drug-likeness (QED) is 0.629. The molecule has 0 nitrogen and oxygen atoms in total. The highest BCUT2D eigenvalue weighted by molar-refractivity contribution is 9.10. The Hall–Kier alpha value is -0.300. The fourth-order valence-electron chi connectivity index (χ4n) is 0.639. The second-order valence-corrected chi connectivity index (χ2v) is 2.48. The Morgan fingerprint density at radius 2 is 1.78 bits per heavy atom. The van der Waals surface area contributed by atoms with Crippen molar-refractivity contribution in [3.05, 3.63) is 40.7 Å². The van der Waals surface area contributed by atoms with E-state index >= 15 is 0 Å². The molecule has 0 amide bonds. The van der Waals surface area contributed by atoms with Crippen LogP contribution in [0.5, 0.6) is 0 Å². The van der Waals surface area contributed by atoms with Gasteiger partial charge in [-0.1, -0.05) is 45.8 Å². The van der Waals surface area contributed by atoms with Crippen molar-refractivity contribution in [2.75, 3.05) is 0 Å². The first-order chi connectivity index (χ1) is 4.33. The first kappa shape index (κ1) is 6.81. The van der Waals surface area contributed by atoms with Crippen molar-refractivity contribution >= 4 is 15.9 Å². The maximum atomic E-state index is 3.26. The molecule has 0 aliphatic carbocycles. The van der Waals surface area contributed by atoms with Gasteiger partial charge in [0, 0.05) is 0 Å². The fourth-order valence-corrected chi connectivity index (χ4v) is 0.944. The fraction of sp³-hybridized carbons (Fsp3) is 0.125. The molecule has 1 radical (unpaired) electrons. The minimum atomic E-state index is 1.21. The molecule has 47 valence electrons. The third-order valence-corrected chi connectivity index (χ3v) is 1.73. The van der Waals surface area contributed by atoms with Gasteiger partial charge in [0.05, 0.1) is 5.33 Å². The van der Waals surface area contributed by atoms with E-state index in [1.54, 1.807) is 0 Å². The molecule has 9 heavy (non-hydrogen) atoms. The Labute approximate surface area is 64.0 Å². The minimum absolute atomic E-state index is 1.21. The lowest BCUT2D eigenvalue weighted by Gasteiger charge is -1.93. The molecule has 1 rings (SSSR count). The third kappa shape index (κ3) is 1.83. The van der Waals surface area contributed by atoms with Crippen LogP contribution in [0.1, 0.15) is 11.1 Å². The van der Waals surface area contributed by atoms with Crippen molar-refractivity contribution in [1.29, 1.82) is 0 Å². The summed E-state index contributed by atoms with van der Waals surface area (Å²) in [5.41, 5.74) is 2.51. The molecule has 1 aromatic carbocycles. The van der Waals surface area contributed by atoms with Gasteiger partial charge in [0.2, 0.25) is 0 Å². The Bertz CT molecular complexity index is 176. The zero-order chi connectivity index (χ0) is 6.69. The van der Waals surface area contributed by atoms with Crippen LogP contribution in [0, 0.1) is 12.3 Å².